The zero-order chi connectivity index (χ0) is 11.8. The predicted molar refractivity (Wildman–Crippen MR) is 72.5 cm³/mol. The third-order valence-electron chi connectivity index (χ3n) is 4.29. The maximum atomic E-state index is 5.95. The van der Waals surface area contributed by atoms with Gasteiger partial charge in [0.2, 0.25) is 0 Å². The van der Waals surface area contributed by atoms with Crippen LogP contribution in [0.1, 0.15) is 25.7 Å². The molecule has 17 heavy (non-hydrogen) atoms. The highest BCUT2D eigenvalue weighted by Gasteiger charge is 2.40. The molecule has 3 heteroatoms. The molecule has 2 bridgehead atoms. The minimum atomic E-state index is 0.698. The highest BCUT2D eigenvalue weighted by molar-refractivity contribution is 6.30. The van der Waals surface area contributed by atoms with Gasteiger partial charge in [0.25, 0.3) is 0 Å². The van der Waals surface area contributed by atoms with Gasteiger partial charge in [0.1, 0.15) is 0 Å². The van der Waals surface area contributed by atoms with E-state index in [1.54, 1.807) is 0 Å². The van der Waals surface area contributed by atoms with Crippen molar-refractivity contribution in [3.05, 3.63) is 29.3 Å². The lowest BCUT2D eigenvalue weighted by Gasteiger charge is -2.40. The standard InChI is InChI=1S/C14H19ClN2/c15-11-1-3-12(4-2-11)17-13-5-6-14(17)8-10(7-13)9-16/h1-4,10,13-14H,5-9,16H2. The average Bonchev–Trinajstić information content (AvgIpc) is 2.61. The van der Waals surface area contributed by atoms with Gasteiger partial charge in [-0.3, -0.25) is 0 Å². The molecule has 2 atom stereocenters. The van der Waals surface area contributed by atoms with Gasteiger partial charge in [-0.15, -0.1) is 0 Å². The monoisotopic (exact) mass is 250 g/mol. The second-order valence-electron chi connectivity index (χ2n) is 5.34. The minimum absolute atomic E-state index is 0.698. The van der Waals surface area contributed by atoms with Crippen LogP contribution in [0.4, 0.5) is 5.69 Å². The Morgan fingerprint density at radius 3 is 2.24 bits per heavy atom. The van der Waals surface area contributed by atoms with Crippen molar-refractivity contribution in [1.82, 2.24) is 0 Å². The lowest BCUT2D eigenvalue weighted by atomic mass is 9.90. The lowest BCUT2D eigenvalue weighted by Crippen LogP contribution is -2.44. The predicted octanol–water partition coefficient (Wildman–Crippen LogP) is 3.05. The summed E-state index contributed by atoms with van der Waals surface area (Å²) in [4.78, 5) is 2.60. The number of nitrogens with two attached hydrogens (primary N) is 1. The van der Waals surface area contributed by atoms with Crippen LogP contribution in [0.15, 0.2) is 24.3 Å². The molecule has 0 radical (unpaired) electrons. The van der Waals surface area contributed by atoms with Crippen LogP contribution in [0.3, 0.4) is 0 Å². The van der Waals surface area contributed by atoms with Crippen molar-refractivity contribution in [2.24, 2.45) is 11.7 Å². The number of halogens is 1. The van der Waals surface area contributed by atoms with E-state index in [0.29, 0.717) is 12.1 Å². The van der Waals surface area contributed by atoms with Gasteiger partial charge in [0.05, 0.1) is 0 Å². The summed E-state index contributed by atoms with van der Waals surface area (Å²) >= 11 is 5.95. The maximum Gasteiger partial charge on any atom is 0.0407 e. The van der Waals surface area contributed by atoms with Crippen LogP contribution in [0.2, 0.25) is 5.02 Å². The van der Waals surface area contributed by atoms with Crippen LogP contribution in [-0.2, 0) is 0 Å². The van der Waals surface area contributed by atoms with Crippen molar-refractivity contribution in [3.63, 3.8) is 0 Å². The summed E-state index contributed by atoms with van der Waals surface area (Å²) < 4.78 is 0. The van der Waals surface area contributed by atoms with Gasteiger partial charge in [-0.25, -0.2) is 0 Å². The highest BCUT2D eigenvalue weighted by atomic mass is 35.5. The molecule has 1 aromatic rings. The lowest BCUT2D eigenvalue weighted by molar-refractivity contribution is 0.347. The molecule has 2 nitrogen and oxygen atoms in total. The van der Waals surface area contributed by atoms with E-state index in [1.165, 1.54) is 31.4 Å². The van der Waals surface area contributed by atoms with Gasteiger partial charge >= 0.3 is 0 Å². The Morgan fingerprint density at radius 2 is 1.71 bits per heavy atom. The number of rotatable bonds is 2. The SMILES string of the molecule is NCC1CC2CCC(C1)N2c1ccc(Cl)cc1. The van der Waals surface area contributed by atoms with E-state index in [2.05, 4.69) is 17.0 Å². The molecule has 0 aromatic heterocycles. The quantitative estimate of drug-likeness (QED) is 0.874. The van der Waals surface area contributed by atoms with Gasteiger partial charge in [0.15, 0.2) is 0 Å². The fourth-order valence-electron chi connectivity index (χ4n) is 3.52. The summed E-state index contributed by atoms with van der Waals surface area (Å²) in [5.74, 6) is 0.732. The largest absolute Gasteiger partial charge is 0.366 e. The first kappa shape index (κ1) is 11.4. The van der Waals surface area contributed by atoms with Crippen LogP contribution < -0.4 is 10.6 Å². The molecule has 2 aliphatic rings. The molecule has 0 aliphatic carbocycles. The Balaban J connectivity index is 1.83. The molecule has 0 saturated carbocycles. The van der Waals surface area contributed by atoms with Crippen molar-refractivity contribution >= 4 is 17.3 Å². The topological polar surface area (TPSA) is 29.3 Å². The molecule has 0 spiro atoms. The van der Waals surface area contributed by atoms with Gasteiger partial charge in [-0.05, 0) is 62.4 Å². The molecule has 2 aliphatic heterocycles. The Hall–Kier alpha value is -0.730. The summed E-state index contributed by atoms with van der Waals surface area (Å²) in [6, 6.07) is 9.68. The maximum absolute atomic E-state index is 5.95. The van der Waals surface area contributed by atoms with E-state index < -0.39 is 0 Å². The Morgan fingerprint density at radius 1 is 1.12 bits per heavy atom. The van der Waals surface area contributed by atoms with Crippen molar-refractivity contribution < 1.29 is 0 Å². The molecule has 2 N–H and O–H groups in total. The van der Waals surface area contributed by atoms with E-state index in [1.807, 2.05) is 12.1 Å². The molecule has 0 amide bonds. The summed E-state index contributed by atoms with van der Waals surface area (Å²) in [6.07, 6.45) is 5.17. The van der Waals surface area contributed by atoms with Crippen molar-refractivity contribution in [2.45, 2.75) is 37.8 Å². The fraction of sp³-hybridized carbons (Fsp3) is 0.571. The number of fused-ring (bicyclic) bond motifs is 2. The smallest absolute Gasteiger partial charge is 0.0407 e. The molecule has 2 saturated heterocycles. The van der Waals surface area contributed by atoms with Crippen molar-refractivity contribution in [3.8, 4) is 0 Å². The molecular formula is C14H19ClN2. The number of hydrogen-bond acceptors (Lipinski definition) is 2. The summed E-state index contributed by atoms with van der Waals surface area (Å²) in [6.45, 7) is 0.849. The number of hydrogen-bond donors (Lipinski definition) is 1. The van der Waals surface area contributed by atoms with Crippen molar-refractivity contribution in [2.75, 3.05) is 11.4 Å². The highest BCUT2D eigenvalue weighted by Crippen LogP contribution is 2.41. The molecule has 3 rings (SSSR count). The first-order valence-corrected chi connectivity index (χ1v) is 6.89. The Kier molecular flexibility index (Phi) is 3.01. The van der Waals surface area contributed by atoms with E-state index in [9.17, 15) is 0 Å². The zero-order valence-corrected chi connectivity index (χ0v) is 10.7. The third kappa shape index (κ3) is 2.04. The molecule has 1 aromatic carbocycles. The second-order valence-corrected chi connectivity index (χ2v) is 5.78. The molecule has 2 fully saturated rings. The van der Waals surface area contributed by atoms with E-state index in [4.69, 9.17) is 17.3 Å². The second kappa shape index (κ2) is 4.51. The normalized spacial score (nSPS) is 31.9. The van der Waals surface area contributed by atoms with Crippen LogP contribution >= 0.6 is 11.6 Å². The number of anilines is 1. The molecular weight excluding hydrogens is 232 g/mol. The zero-order valence-electron chi connectivity index (χ0n) is 9.98. The molecule has 2 unspecified atom stereocenters. The summed E-state index contributed by atoms with van der Waals surface area (Å²) in [7, 11) is 0. The van der Waals surface area contributed by atoms with E-state index in [0.717, 1.165) is 17.5 Å². The number of nitrogens with zero attached hydrogens (tertiary/aromatic N) is 1. The number of piperidine rings is 1. The molecule has 92 valence electrons. The minimum Gasteiger partial charge on any atom is -0.366 e. The van der Waals surface area contributed by atoms with Gasteiger partial charge in [-0.1, -0.05) is 11.6 Å². The number of benzene rings is 1. The Bertz CT molecular complexity index is 376. The summed E-state index contributed by atoms with van der Waals surface area (Å²) in [5.41, 5.74) is 7.15. The van der Waals surface area contributed by atoms with Crippen LogP contribution in [0, 0.1) is 5.92 Å². The van der Waals surface area contributed by atoms with Crippen LogP contribution in [-0.4, -0.2) is 18.6 Å². The van der Waals surface area contributed by atoms with Gasteiger partial charge < -0.3 is 10.6 Å². The van der Waals surface area contributed by atoms with Crippen LogP contribution in [0.5, 0.6) is 0 Å². The molecule has 2 heterocycles. The summed E-state index contributed by atoms with van der Waals surface area (Å²) in [5, 5.41) is 0.818. The Labute approximate surface area is 108 Å². The van der Waals surface area contributed by atoms with Gasteiger partial charge in [-0.2, -0.15) is 0 Å². The van der Waals surface area contributed by atoms with Gasteiger partial charge in [0, 0.05) is 22.8 Å². The fourth-order valence-corrected chi connectivity index (χ4v) is 3.64. The van der Waals surface area contributed by atoms with Crippen molar-refractivity contribution in [1.29, 1.82) is 0 Å². The third-order valence-corrected chi connectivity index (χ3v) is 4.54. The van der Waals surface area contributed by atoms with E-state index >= 15 is 0 Å². The van der Waals surface area contributed by atoms with Crippen LogP contribution in [0.25, 0.3) is 0 Å². The first-order chi connectivity index (χ1) is 8.28. The van der Waals surface area contributed by atoms with E-state index in [-0.39, 0.29) is 0 Å². The first-order valence-electron chi connectivity index (χ1n) is 6.52. The average molecular weight is 251 g/mol.